The lowest BCUT2D eigenvalue weighted by atomic mass is 9.96. The second-order valence-corrected chi connectivity index (χ2v) is 4.88. The fourth-order valence-electron chi connectivity index (χ4n) is 1.41. The molecule has 0 aromatic heterocycles. The molecule has 0 saturated carbocycles. The summed E-state index contributed by atoms with van der Waals surface area (Å²) in [7, 11) is 0. The zero-order chi connectivity index (χ0) is 9.23. The van der Waals surface area contributed by atoms with E-state index >= 15 is 0 Å². The number of halogens is 2. The molecule has 0 aliphatic heterocycles. The highest BCUT2D eigenvalue weighted by Gasteiger charge is 2.03. The smallest absolute Gasteiger partial charge is 0.00339 e. The maximum absolute atomic E-state index is 3.51. The van der Waals surface area contributed by atoms with Crippen molar-refractivity contribution >= 4 is 31.9 Å². The number of rotatable bonds is 8. The van der Waals surface area contributed by atoms with Crippen molar-refractivity contribution in [2.45, 2.75) is 45.4 Å². The molecule has 0 aromatic carbocycles. The summed E-state index contributed by atoms with van der Waals surface area (Å²) in [6, 6.07) is 0. The molecule has 0 nitrogen and oxygen atoms in total. The van der Waals surface area contributed by atoms with Gasteiger partial charge in [0.15, 0.2) is 0 Å². The van der Waals surface area contributed by atoms with Gasteiger partial charge in [0, 0.05) is 10.7 Å². The summed E-state index contributed by atoms with van der Waals surface area (Å²) in [6.45, 7) is 2.30. The minimum Gasteiger partial charge on any atom is -0.0928 e. The third kappa shape index (κ3) is 7.60. The van der Waals surface area contributed by atoms with E-state index in [0.29, 0.717) is 0 Å². The van der Waals surface area contributed by atoms with Crippen molar-refractivity contribution in [3.63, 3.8) is 0 Å². The van der Waals surface area contributed by atoms with Crippen LogP contribution in [-0.4, -0.2) is 10.7 Å². The van der Waals surface area contributed by atoms with Gasteiger partial charge in [0.2, 0.25) is 0 Å². The molecule has 0 fully saturated rings. The fraction of sp³-hybridized carbons (Fsp3) is 1.00. The Kier molecular flexibility index (Phi) is 10.8. The summed E-state index contributed by atoms with van der Waals surface area (Å²) in [5.41, 5.74) is 0. The van der Waals surface area contributed by atoms with Crippen molar-refractivity contribution in [1.82, 2.24) is 0 Å². The van der Waals surface area contributed by atoms with Gasteiger partial charge >= 0.3 is 0 Å². The van der Waals surface area contributed by atoms with Gasteiger partial charge < -0.3 is 0 Å². The Labute approximate surface area is 93.8 Å². The number of unbranched alkanes of at least 4 members (excludes halogenated alkanes) is 2. The Morgan fingerprint density at radius 3 is 2.17 bits per heavy atom. The van der Waals surface area contributed by atoms with Crippen LogP contribution in [0.1, 0.15) is 45.4 Å². The average molecular weight is 300 g/mol. The standard InChI is InChI=1S/C10H20Br2/c1-2-10(7-9-12)6-4-3-5-8-11/h10H,2-9H2,1H3. The van der Waals surface area contributed by atoms with Crippen LogP contribution < -0.4 is 0 Å². The maximum Gasteiger partial charge on any atom is 0.00339 e. The molecule has 1 atom stereocenters. The van der Waals surface area contributed by atoms with E-state index in [1.807, 2.05) is 0 Å². The lowest BCUT2D eigenvalue weighted by Gasteiger charge is -2.12. The van der Waals surface area contributed by atoms with Gasteiger partial charge in [0.1, 0.15) is 0 Å². The summed E-state index contributed by atoms with van der Waals surface area (Å²) >= 11 is 6.96. The van der Waals surface area contributed by atoms with Crippen LogP contribution in [0.5, 0.6) is 0 Å². The fourth-order valence-corrected chi connectivity index (χ4v) is 2.46. The highest BCUT2D eigenvalue weighted by atomic mass is 79.9. The van der Waals surface area contributed by atoms with E-state index in [-0.39, 0.29) is 0 Å². The van der Waals surface area contributed by atoms with Crippen LogP contribution in [0.3, 0.4) is 0 Å². The van der Waals surface area contributed by atoms with Gasteiger partial charge in [-0.3, -0.25) is 0 Å². The molecule has 74 valence electrons. The van der Waals surface area contributed by atoms with Crippen LogP contribution in [0.25, 0.3) is 0 Å². The lowest BCUT2D eigenvalue weighted by Crippen LogP contribution is -1.99. The van der Waals surface area contributed by atoms with E-state index in [4.69, 9.17) is 0 Å². The Morgan fingerprint density at radius 1 is 0.917 bits per heavy atom. The molecule has 0 amide bonds. The van der Waals surface area contributed by atoms with Crippen LogP contribution in [0.15, 0.2) is 0 Å². The van der Waals surface area contributed by atoms with Crippen molar-refractivity contribution in [2.24, 2.45) is 5.92 Å². The molecule has 0 saturated heterocycles. The first-order valence-corrected chi connectivity index (χ1v) is 7.21. The van der Waals surface area contributed by atoms with Gasteiger partial charge in [-0.1, -0.05) is 64.5 Å². The van der Waals surface area contributed by atoms with Crippen LogP contribution in [0.2, 0.25) is 0 Å². The van der Waals surface area contributed by atoms with E-state index < -0.39 is 0 Å². The van der Waals surface area contributed by atoms with Crippen molar-refractivity contribution in [1.29, 1.82) is 0 Å². The summed E-state index contributed by atoms with van der Waals surface area (Å²) < 4.78 is 0. The van der Waals surface area contributed by atoms with Gasteiger partial charge in [0.25, 0.3) is 0 Å². The van der Waals surface area contributed by atoms with Crippen molar-refractivity contribution < 1.29 is 0 Å². The first-order valence-electron chi connectivity index (χ1n) is 4.97. The van der Waals surface area contributed by atoms with E-state index in [1.54, 1.807) is 0 Å². The summed E-state index contributed by atoms with van der Waals surface area (Å²) in [5.74, 6) is 0.958. The maximum atomic E-state index is 3.51. The second-order valence-electron chi connectivity index (χ2n) is 3.29. The molecule has 0 aromatic rings. The minimum absolute atomic E-state index is 0.958. The molecule has 0 bridgehead atoms. The third-order valence-electron chi connectivity index (χ3n) is 2.34. The quantitative estimate of drug-likeness (QED) is 0.448. The van der Waals surface area contributed by atoms with E-state index in [1.165, 1.54) is 49.2 Å². The molecule has 0 N–H and O–H groups in total. The topological polar surface area (TPSA) is 0 Å². The molecule has 0 spiro atoms. The lowest BCUT2D eigenvalue weighted by molar-refractivity contribution is 0.437. The SMILES string of the molecule is CCC(CCBr)CCCCCBr. The highest BCUT2D eigenvalue weighted by Crippen LogP contribution is 2.18. The molecule has 0 rings (SSSR count). The predicted molar refractivity (Wildman–Crippen MR) is 64.5 cm³/mol. The normalized spacial score (nSPS) is 13.2. The minimum atomic E-state index is 0.958. The van der Waals surface area contributed by atoms with Crippen LogP contribution in [-0.2, 0) is 0 Å². The third-order valence-corrected chi connectivity index (χ3v) is 3.36. The highest BCUT2D eigenvalue weighted by molar-refractivity contribution is 9.09. The van der Waals surface area contributed by atoms with Crippen molar-refractivity contribution in [3.05, 3.63) is 0 Å². The Hall–Kier alpha value is 0.960. The summed E-state index contributed by atoms with van der Waals surface area (Å²) in [4.78, 5) is 0. The Balaban J connectivity index is 3.19. The van der Waals surface area contributed by atoms with Crippen LogP contribution >= 0.6 is 31.9 Å². The number of hydrogen-bond donors (Lipinski definition) is 0. The molecule has 0 heterocycles. The van der Waals surface area contributed by atoms with E-state index in [0.717, 1.165) is 5.92 Å². The molecule has 0 aliphatic carbocycles. The van der Waals surface area contributed by atoms with Gasteiger partial charge in [-0.25, -0.2) is 0 Å². The van der Waals surface area contributed by atoms with Gasteiger partial charge in [0.05, 0.1) is 0 Å². The Morgan fingerprint density at radius 2 is 1.67 bits per heavy atom. The summed E-state index contributed by atoms with van der Waals surface area (Å²) in [6.07, 6.45) is 8.27. The second kappa shape index (κ2) is 10.0. The first kappa shape index (κ1) is 13.0. The zero-order valence-corrected chi connectivity index (χ0v) is 11.2. The monoisotopic (exact) mass is 298 g/mol. The van der Waals surface area contributed by atoms with Crippen molar-refractivity contribution in [3.8, 4) is 0 Å². The molecule has 0 radical (unpaired) electrons. The van der Waals surface area contributed by atoms with Gasteiger partial charge in [-0.05, 0) is 18.8 Å². The predicted octanol–water partition coefficient (Wildman–Crippen LogP) is 4.75. The summed E-state index contributed by atoms with van der Waals surface area (Å²) in [5, 5.41) is 2.34. The molecule has 0 aliphatic rings. The zero-order valence-electron chi connectivity index (χ0n) is 7.99. The van der Waals surface area contributed by atoms with Crippen LogP contribution in [0, 0.1) is 5.92 Å². The largest absolute Gasteiger partial charge is 0.0928 e. The van der Waals surface area contributed by atoms with Gasteiger partial charge in [-0.15, -0.1) is 0 Å². The molecule has 12 heavy (non-hydrogen) atoms. The number of hydrogen-bond acceptors (Lipinski definition) is 0. The van der Waals surface area contributed by atoms with E-state index in [2.05, 4.69) is 38.8 Å². The number of alkyl halides is 2. The molecular formula is C10H20Br2. The molecular weight excluding hydrogens is 280 g/mol. The Bertz CT molecular complexity index is 83.9. The average Bonchev–Trinajstić information content (AvgIpc) is 2.10. The van der Waals surface area contributed by atoms with E-state index in [9.17, 15) is 0 Å². The molecule has 1 unspecified atom stereocenters. The van der Waals surface area contributed by atoms with Crippen LogP contribution in [0.4, 0.5) is 0 Å². The first-order chi connectivity index (χ1) is 5.85. The van der Waals surface area contributed by atoms with Crippen molar-refractivity contribution in [2.75, 3.05) is 10.7 Å². The van der Waals surface area contributed by atoms with Gasteiger partial charge in [-0.2, -0.15) is 0 Å². The molecule has 2 heteroatoms.